The summed E-state index contributed by atoms with van der Waals surface area (Å²) < 4.78 is 15.3. The van der Waals surface area contributed by atoms with Gasteiger partial charge in [-0.25, -0.2) is 4.39 Å². The molecule has 0 spiro atoms. The molecule has 32 heavy (non-hydrogen) atoms. The molecule has 3 atom stereocenters. The Hall–Kier alpha value is -1.45. The van der Waals surface area contributed by atoms with E-state index in [1.54, 1.807) is 18.4 Å². The molecule has 176 valence electrons. The SMILES string of the molecule is CNC1=C(C(=N)N2CCN(C(=O)[C@H](CNCC3CC3)c3ccc(Br)s3)CC2)[C@H](C)C[C@@H]1F. The summed E-state index contributed by atoms with van der Waals surface area (Å²) in [4.78, 5) is 18.5. The van der Waals surface area contributed by atoms with Crippen LogP contribution in [0.3, 0.4) is 0 Å². The Morgan fingerprint density at radius 1 is 1.28 bits per heavy atom. The second kappa shape index (κ2) is 10.2. The van der Waals surface area contributed by atoms with Crippen LogP contribution in [0.25, 0.3) is 0 Å². The Morgan fingerprint density at radius 3 is 2.56 bits per heavy atom. The Kier molecular flexibility index (Phi) is 7.57. The van der Waals surface area contributed by atoms with Crippen LogP contribution in [0.4, 0.5) is 4.39 Å². The van der Waals surface area contributed by atoms with Gasteiger partial charge in [0, 0.05) is 50.2 Å². The van der Waals surface area contributed by atoms with Crippen molar-refractivity contribution in [3.05, 3.63) is 32.1 Å². The van der Waals surface area contributed by atoms with Crippen LogP contribution in [0.2, 0.25) is 0 Å². The minimum atomic E-state index is -1.03. The van der Waals surface area contributed by atoms with Crippen molar-refractivity contribution in [3.63, 3.8) is 0 Å². The fourth-order valence-corrected chi connectivity index (χ4v) is 6.27. The van der Waals surface area contributed by atoms with Gasteiger partial charge in [0.05, 0.1) is 15.4 Å². The van der Waals surface area contributed by atoms with Gasteiger partial charge in [0.25, 0.3) is 0 Å². The molecule has 1 aromatic rings. The predicted octanol–water partition coefficient (Wildman–Crippen LogP) is 3.57. The summed E-state index contributed by atoms with van der Waals surface area (Å²) in [5.74, 6) is 1.17. The van der Waals surface area contributed by atoms with Gasteiger partial charge in [-0.15, -0.1) is 11.3 Å². The van der Waals surface area contributed by atoms with Gasteiger partial charge in [-0.2, -0.15) is 0 Å². The highest BCUT2D eigenvalue weighted by atomic mass is 79.9. The first-order valence-corrected chi connectivity index (χ1v) is 13.1. The summed E-state index contributed by atoms with van der Waals surface area (Å²) in [5.41, 5.74) is 1.33. The number of rotatable bonds is 8. The third kappa shape index (κ3) is 5.20. The Bertz CT molecular complexity index is 877. The summed E-state index contributed by atoms with van der Waals surface area (Å²) >= 11 is 5.15. The van der Waals surface area contributed by atoms with E-state index in [2.05, 4.69) is 26.6 Å². The number of amidine groups is 1. The van der Waals surface area contributed by atoms with Gasteiger partial charge in [0.1, 0.15) is 12.0 Å². The first-order chi connectivity index (χ1) is 15.4. The normalized spacial score (nSPS) is 24.8. The molecule has 1 saturated carbocycles. The van der Waals surface area contributed by atoms with Crippen LogP contribution in [0.15, 0.2) is 27.2 Å². The molecule has 1 aliphatic heterocycles. The molecule has 6 nitrogen and oxygen atoms in total. The van der Waals surface area contributed by atoms with Crippen LogP contribution in [0.1, 0.15) is 37.0 Å². The summed E-state index contributed by atoms with van der Waals surface area (Å²) in [5, 5.41) is 15.2. The van der Waals surface area contributed by atoms with E-state index in [-0.39, 0.29) is 17.7 Å². The molecule has 0 aromatic carbocycles. The maximum atomic E-state index is 14.3. The quantitative estimate of drug-likeness (QED) is 0.358. The van der Waals surface area contributed by atoms with Crippen molar-refractivity contribution in [2.75, 3.05) is 46.3 Å². The number of piperazine rings is 1. The molecule has 3 aliphatic rings. The molecule has 1 amide bonds. The maximum Gasteiger partial charge on any atom is 0.232 e. The first kappa shape index (κ1) is 23.7. The fraction of sp³-hybridized carbons (Fsp3) is 0.652. The average Bonchev–Trinajstić information content (AvgIpc) is 3.44. The van der Waals surface area contributed by atoms with Crippen molar-refractivity contribution < 1.29 is 9.18 Å². The van der Waals surface area contributed by atoms with E-state index in [0.29, 0.717) is 50.7 Å². The average molecular weight is 527 g/mol. The molecule has 4 rings (SSSR count). The maximum absolute atomic E-state index is 14.3. The van der Waals surface area contributed by atoms with Crippen molar-refractivity contribution in [1.82, 2.24) is 20.4 Å². The third-order valence-electron chi connectivity index (χ3n) is 6.80. The lowest BCUT2D eigenvalue weighted by Gasteiger charge is -2.38. The molecule has 3 N–H and O–H groups in total. The fourth-order valence-electron chi connectivity index (χ4n) is 4.75. The van der Waals surface area contributed by atoms with Crippen LogP contribution in [-0.2, 0) is 4.79 Å². The molecule has 2 fully saturated rings. The zero-order chi connectivity index (χ0) is 22.8. The van der Waals surface area contributed by atoms with E-state index < -0.39 is 6.17 Å². The molecule has 9 heteroatoms. The van der Waals surface area contributed by atoms with Gasteiger partial charge in [0.15, 0.2) is 0 Å². The Labute approximate surface area is 202 Å². The van der Waals surface area contributed by atoms with E-state index in [9.17, 15) is 9.18 Å². The van der Waals surface area contributed by atoms with Crippen molar-refractivity contribution >= 4 is 39.0 Å². The van der Waals surface area contributed by atoms with Crippen LogP contribution in [0, 0.1) is 17.2 Å². The van der Waals surface area contributed by atoms with Crippen molar-refractivity contribution in [2.45, 2.75) is 38.3 Å². The van der Waals surface area contributed by atoms with Gasteiger partial charge < -0.3 is 20.4 Å². The number of nitrogens with zero attached hydrogens (tertiary/aromatic N) is 2. The molecule has 1 aromatic heterocycles. The number of thiophene rings is 1. The highest BCUT2D eigenvalue weighted by Crippen LogP contribution is 2.35. The number of carbonyl (C=O) groups excluding carboxylic acids is 1. The number of hydrogen-bond acceptors (Lipinski definition) is 5. The zero-order valence-electron chi connectivity index (χ0n) is 18.8. The number of halogens is 2. The van der Waals surface area contributed by atoms with Crippen LogP contribution < -0.4 is 10.6 Å². The smallest absolute Gasteiger partial charge is 0.232 e. The standard InChI is InChI=1S/C23H33BrFN5OS/c1-14-11-17(25)21(27-2)20(14)22(26)29-7-9-30(10-8-29)23(31)16(13-28-12-15-3-4-15)18-5-6-19(24)32-18/h5-6,14-17,26-28H,3-4,7-13H2,1-2H3/t14-,16-,17+/m1/s1. The van der Waals surface area contributed by atoms with Crippen LogP contribution >= 0.6 is 27.3 Å². The zero-order valence-corrected chi connectivity index (χ0v) is 21.2. The monoisotopic (exact) mass is 525 g/mol. The molecule has 2 aliphatic carbocycles. The van der Waals surface area contributed by atoms with Gasteiger partial charge in [-0.3, -0.25) is 10.2 Å². The summed E-state index contributed by atoms with van der Waals surface area (Å²) in [6.07, 6.45) is 1.98. The second-order valence-electron chi connectivity index (χ2n) is 9.14. The predicted molar refractivity (Wildman–Crippen MR) is 131 cm³/mol. The van der Waals surface area contributed by atoms with E-state index >= 15 is 0 Å². The molecule has 0 unspecified atom stereocenters. The minimum Gasteiger partial charge on any atom is -0.389 e. The number of carbonyl (C=O) groups is 1. The summed E-state index contributed by atoms with van der Waals surface area (Å²) in [6.45, 7) is 6.00. The summed E-state index contributed by atoms with van der Waals surface area (Å²) in [7, 11) is 1.73. The van der Waals surface area contributed by atoms with Crippen molar-refractivity contribution in [3.8, 4) is 0 Å². The van der Waals surface area contributed by atoms with Crippen LogP contribution in [-0.4, -0.2) is 74.0 Å². The molecular formula is C23H33BrFN5OS. The second-order valence-corrected chi connectivity index (χ2v) is 11.6. The van der Waals surface area contributed by atoms with E-state index in [1.807, 2.05) is 28.9 Å². The van der Waals surface area contributed by atoms with Gasteiger partial charge in [-0.05, 0) is 65.7 Å². The van der Waals surface area contributed by atoms with E-state index in [1.165, 1.54) is 12.8 Å². The van der Waals surface area contributed by atoms with Crippen molar-refractivity contribution in [1.29, 1.82) is 5.41 Å². The van der Waals surface area contributed by atoms with E-state index in [4.69, 9.17) is 5.41 Å². The lowest BCUT2D eigenvalue weighted by atomic mass is 10.0. The lowest BCUT2D eigenvalue weighted by molar-refractivity contribution is -0.134. The topological polar surface area (TPSA) is 71.5 Å². The van der Waals surface area contributed by atoms with Crippen LogP contribution in [0.5, 0.6) is 0 Å². The molecule has 1 saturated heterocycles. The highest BCUT2D eigenvalue weighted by Gasteiger charge is 2.36. The lowest BCUT2D eigenvalue weighted by Crippen LogP contribution is -2.52. The number of amides is 1. The number of allylic oxidation sites excluding steroid dienone is 1. The van der Waals surface area contributed by atoms with Gasteiger partial charge in [-0.1, -0.05) is 6.92 Å². The number of alkyl halides is 1. The molecule has 2 heterocycles. The van der Waals surface area contributed by atoms with Crippen molar-refractivity contribution in [2.24, 2.45) is 11.8 Å². The Balaban J connectivity index is 1.38. The largest absolute Gasteiger partial charge is 0.389 e. The molecule has 0 radical (unpaired) electrons. The van der Waals surface area contributed by atoms with Gasteiger partial charge >= 0.3 is 0 Å². The minimum absolute atomic E-state index is 0.0267. The molecular weight excluding hydrogens is 493 g/mol. The summed E-state index contributed by atoms with van der Waals surface area (Å²) in [6, 6.07) is 4.05. The van der Waals surface area contributed by atoms with Gasteiger partial charge in [0.2, 0.25) is 5.91 Å². The Morgan fingerprint density at radius 2 is 1.97 bits per heavy atom. The van der Waals surface area contributed by atoms with E-state index in [0.717, 1.165) is 26.7 Å². The molecule has 0 bridgehead atoms. The number of hydrogen-bond donors (Lipinski definition) is 3. The highest BCUT2D eigenvalue weighted by molar-refractivity contribution is 9.11. The first-order valence-electron chi connectivity index (χ1n) is 11.5. The third-order valence-corrected chi connectivity index (χ3v) is 8.54. The number of nitrogens with one attached hydrogen (secondary N) is 3.